The number of rotatable bonds is 1. The van der Waals surface area contributed by atoms with Crippen LogP contribution in [0.4, 0.5) is 4.39 Å². The van der Waals surface area contributed by atoms with E-state index in [4.69, 9.17) is 23.2 Å². The monoisotopic (exact) mass is 247 g/mol. The van der Waals surface area contributed by atoms with E-state index in [-0.39, 0.29) is 21.9 Å². The Balaban J connectivity index is 2.87. The van der Waals surface area contributed by atoms with E-state index in [1.807, 2.05) is 13.8 Å². The highest BCUT2D eigenvalue weighted by Crippen LogP contribution is 2.26. The Morgan fingerprint density at radius 2 is 2.07 bits per heavy atom. The first-order chi connectivity index (χ1) is 7.00. The molecular formula is C9H8Cl2FN3. The fraction of sp³-hybridized carbons (Fsp3) is 0.333. The van der Waals surface area contributed by atoms with Gasteiger partial charge in [0.2, 0.25) is 5.28 Å². The van der Waals surface area contributed by atoms with Crippen molar-refractivity contribution in [1.29, 1.82) is 0 Å². The maximum atomic E-state index is 13.5. The highest BCUT2D eigenvalue weighted by Gasteiger charge is 2.16. The minimum Gasteiger partial charge on any atom is -0.228 e. The molecule has 0 amide bonds. The lowest BCUT2D eigenvalue weighted by Crippen LogP contribution is -2.01. The van der Waals surface area contributed by atoms with Gasteiger partial charge in [0, 0.05) is 5.69 Å². The summed E-state index contributed by atoms with van der Waals surface area (Å²) < 4.78 is 14.9. The summed E-state index contributed by atoms with van der Waals surface area (Å²) in [6, 6.07) is 1.40. The predicted molar refractivity (Wildman–Crippen MR) is 57.1 cm³/mol. The van der Waals surface area contributed by atoms with Crippen LogP contribution < -0.4 is 0 Å². The van der Waals surface area contributed by atoms with Crippen LogP contribution in [0.15, 0.2) is 6.07 Å². The molecule has 0 fully saturated rings. The number of hydrogen-bond acceptors (Lipinski definition) is 2. The van der Waals surface area contributed by atoms with Gasteiger partial charge in [0.15, 0.2) is 11.0 Å². The molecule has 0 aliphatic rings. The van der Waals surface area contributed by atoms with Gasteiger partial charge in [0.05, 0.1) is 0 Å². The van der Waals surface area contributed by atoms with Gasteiger partial charge >= 0.3 is 0 Å². The van der Waals surface area contributed by atoms with Crippen molar-refractivity contribution in [2.24, 2.45) is 0 Å². The molecule has 3 nitrogen and oxygen atoms in total. The van der Waals surface area contributed by atoms with Crippen LogP contribution in [0.3, 0.4) is 0 Å². The molecule has 0 atom stereocenters. The van der Waals surface area contributed by atoms with Gasteiger partial charge in [-0.2, -0.15) is 0 Å². The lowest BCUT2D eigenvalue weighted by molar-refractivity contribution is 0.638. The Labute approximate surface area is 95.8 Å². The van der Waals surface area contributed by atoms with E-state index in [1.54, 1.807) is 0 Å². The van der Waals surface area contributed by atoms with E-state index in [2.05, 4.69) is 10.1 Å². The third-order valence-corrected chi connectivity index (χ3v) is 2.54. The molecule has 2 heterocycles. The summed E-state index contributed by atoms with van der Waals surface area (Å²) in [5.74, 6) is -0.301. The molecule has 2 aromatic rings. The second-order valence-electron chi connectivity index (χ2n) is 3.50. The minimum atomic E-state index is -0.430. The maximum Gasteiger partial charge on any atom is 0.242 e. The first kappa shape index (κ1) is 10.6. The molecule has 0 aliphatic carbocycles. The Morgan fingerprint density at radius 3 is 2.67 bits per heavy atom. The van der Waals surface area contributed by atoms with Crippen LogP contribution in [0.2, 0.25) is 10.4 Å². The fourth-order valence-electron chi connectivity index (χ4n) is 1.43. The van der Waals surface area contributed by atoms with E-state index >= 15 is 0 Å². The van der Waals surface area contributed by atoms with Gasteiger partial charge in [0.25, 0.3) is 0 Å². The van der Waals surface area contributed by atoms with Crippen LogP contribution in [0.25, 0.3) is 5.52 Å². The molecule has 2 aromatic heterocycles. The molecular weight excluding hydrogens is 240 g/mol. The smallest absolute Gasteiger partial charge is 0.228 e. The second-order valence-corrected chi connectivity index (χ2v) is 4.20. The standard InChI is InChI=1S/C9H8Cl2FN3/c1-4(2)6-3-5(12)7-8(10)13-9(11)14-15(6)7/h3-4H,1-2H3. The number of aromatic nitrogens is 3. The molecule has 15 heavy (non-hydrogen) atoms. The van der Waals surface area contributed by atoms with Gasteiger partial charge in [-0.3, -0.25) is 0 Å². The first-order valence-corrected chi connectivity index (χ1v) is 5.16. The van der Waals surface area contributed by atoms with E-state index < -0.39 is 5.82 Å². The van der Waals surface area contributed by atoms with Gasteiger partial charge in [-0.25, -0.2) is 13.9 Å². The minimum absolute atomic E-state index is 0.00463. The molecule has 0 spiro atoms. The molecule has 0 unspecified atom stereocenters. The van der Waals surface area contributed by atoms with E-state index in [1.165, 1.54) is 10.6 Å². The van der Waals surface area contributed by atoms with Gasteiger partial charge in [-0.1, -0.05) is 25.4 Å². The van der Waals surface area contributed by atoms with Gasteiger partial charge in [-0.05, 0) is 23.6 Å². The van der Waals surface area contributed by atoms with Crippen molar-refractivity contribution in [2.75, 3.05) is 0 Å². The molecule has 0 saturated heterocycles. The summed E-state index contributed by atoms with van der Waals surface area (Å²) in [7, 11) is 0. The Kier molecular flexibility index (Phi) is 2.56. The lowest BCUT2D eigenvalue weighted by atomic mass is 10.1. The topological polar surface area (TPSA) is 30.2 Å². The van der Waals surface area contributed by atoms with E-state index in [9.17, 15) is 4.39 Å². The van der Waals surface area contributed by atoms with E-state index in [0.717, 1.165) is 0 Å². The average molecular weight is 248 g/mol. The van der Waals surface area contributed by atoms with Crippen LogP contribution in [0.5, 0.6) is 0 Å². The van der Waals surface area contributed by atoms with Gasteiger partial charge in [-0.15, -0.1) is 5.10 Å². The molecule has 2 rings (SSSR count). The molecule has 0 bridgehead atoms. The van der Waals surface area contributed by atoms with Crippen LogP contribution in [-0.2, 0) is 0 Å². The van der Waals surface area contributed by atoms with Crippen LogP contribution in [0.1, 0.15) is 25.5 Å². The molecule has 0 N–H and O–H groups in total. The van der Waals surface area contributed by atoms with Gasteiger partial charge in [0.1, 0.15) is 5.52 Å². The summed E-state index contributed by atoms with van der Waals surface area (Å²) in [6.07, 6.45) is 0. The molecule has 0 aliphatic heterocycles. The van der Waals surface area contributed by atoms with Gasteiger partial charge < -0.3 is 0 Å². The molecule has 0 saturated carbocycles. The largest absolute Gasteiger partial charge is 0.242 e. The number of halogens is 3. The third-order valence-electron chi connectivity index (χ3n) is 2.12. The summed E-state index contributed by atoms with van der Waals surface area (Å²) in [5, 5.41) is 3.96. The van der Waals surface area contributed by atoms with E-state index in [0.29, 0.717) is 5.69 Å². The summed E-state index contributed by atoms with van der Waals surface area (Å²) in [4.78, 5) is 3.69. The SMILES string of the molecule is CC(C)c1cc(F)c2c(Cl)nc(Cl)nn12. The number of hydrogen-bond donors (Lipinski definition) is 0. The Bertz CT molecular complexity index is 522. The number of fused-ring (bicyclic) bond motifs is 1. The fourth-order valence-corrected chi connectivity index (χ4v) is 1.89. The van der Waals surface area contributed by atoms with Crippen LogP contribution in [-0.4, -0.2) is 14.6 Å². The van der Waals surface area contributed by atoms with Crippen LogP contribution in [0, 0.1) is 5.82 Å². The summed E-state index contributed by atoms with van der Waals surface area (Å²) >= 11 is 11.4. The summed E-state index contributed by atoms with van der Waals surface area (Å²) in [5.41, 5.74) is 0.887. The Hall–Kier alpha value is -0.870. The number of nitrogens with zero attached hydrogens (tertiary/aromatic N) is 3. The molecule has 0 radical (unpaired) electrons. The van der Waals surface area contributed by atoms with Crippen molar-refractivity contribution < 1.29 is 4.39 Å². The predicted octanol–water partition coefficient (Wildman–Crippen LogP) is 3.30. The second kappa shape index (κ2) is 3.61. The van der Waals surface area contributed by atoms with Crippen molar-refractivity contribution in [3.05, 3.63) is 28.0 Å². The summed E-state index contributed by atoms with van der Waals surface area (Å²) in [6.45, 7) is 3.87. The maximum absolute atomic E-state index is 13.5. The van der Waals surface area contributed by atoms with Crippen molar-refractivity contribution >= 4 is 28.7 Å². The molecule has 0 aromatic carbocycles. The molecule has 80 valence electrons. The third kappa shape index (κ3) is 1.68. The van der Waals surface area contributed by atoms with Crippen molar-refractivity contribution in [3.8, 4) is 0 Å². The first-order valence-electron chi connectivity index (χ1n) is 4.41. The van der Waals surface area contributed by atoms with Crippen molar-refractivity contribution in [2.45, 2.75) is 19.8 Å². The molecule has 6 heteroatoms. The normalized spacial score (nSPS) is 11.6. The quantitative estimate of drug-likeness (QED) is 0.775. The zero-order valence-electron chi connectivity index (χ0n) is 8.13. The lowest BCUT2D eigenvalue weighted by Gasteiger charge is -2.04. The highest BCUT2D eigenvalue weighted by atomic mass is 35.5. The zero-order chi connectivity index (χ0) is 11.2. The van der Waals surface area contributed by atoms with Crippen LogP contribution >= 0.6 is 23.2 Å². The van der Waals surface area contributed by atoms with Crippen molar-refractivity contribution in [1.82, 2.24) is 14.6 Å². The zero-order valence-corrected chi connectivity index (χ0v) is 9.64. The average Bonchev–Trinajstić information content (AvgIpc) is 2.42. The Morgan fingerprint density at radius 1 is 1.40 bits per heavy atom. The highest BCUT2D eigenvalue weighted by molar-refractivity contribution is 6.34. The van der Waals surface area contributed by atoms with Crippen molar-refractivity contribution in [3.63, 3.8) is 0 Å².